The standard InChI is InChI=1S/C11H19NO9.K.H/c1-4(14)12-8(5(15)2-6(16)11(20)21)10(19)9(18)7(17)3-13;;/h5,7-10,13,15,17-19H,2-3H2,1H3,(H,12,14)(H,20,21);;/t5-,7+,8+,9+,10+;;/m0../s1. The number of ketones is 1. The number of Topliss-reactive ketones (excluding diaryl/α,β-unsaturated/α-hetero) is 1. The Bertz CT molecular complexity index is 392. The van der Waals surface area contributed by atoms with E-state index in [2.05, 4.69) is 0 Å². The Kier molecular flexibility index (Phi) is 12.8. The summed E-state index contributed by atoms with van der Waals surface area (Å²) in [6.45, 7) is 0.134. The molecule has 0 aromatic carbocycles. The van der Waals surface area contributed by atoms with Gasteiger partial charge < -0.3 is 36.0 Å². The van der Waals surface area contributed by atoms with E-state index in [1.807, 2.05) is 5.32 Å². The van der Waals surface area contributed by atoms with E-state index in [1.54, 1.807) is 0 Å². The molecule has 7 N–H and O–H groups in total. The van der Waals surface area contributed by atoms with Gasteiger partial charge in [0, 0.05) is 13.3 Å². The molecule has 0 heterocycles. The van der Waals surface area contributed by atoms with Crippen LogP contribution >= 0.6 is 0 Å². The second kappa shape index (κ2) is 11.6. The van der Waals surface area contributed by atoms with E-state index in [9.17, 15) is 34.8 Å². The summed E-state index contributed by atoms with van der Waals surface area (Å²) in [6, 6.07) is -1.61. The van der Waals surface area contributed by atoms with Gasteiger partial charge in [0.15, 0.2) is 0 Å². The molecule has 0 aromatic rings. The monoisotopic (exact) mass is 349 g/mol. The molecule has 0 spiro atoms. The van der Waals surface area contributed by atoms with E-state index in [-0.39, 0.29) is 51.4 Å². The van der Waals surface area contributed by atoms with Crippen molar-refractivity contribution in [2.24, 2.45) is 0 Å². The molecule has 0 bridgehead atoms. The average Bonchev–Trinajstić information content (AvgIpc) is 2.41. The van der Waals surface area contributed by atoms with Crippen LogP contribution in [0.1, 0.15) is 13.3 Å². The molecule has 1 amide bonds. The van der Waals surface area contributed by atoms with Gasteiger partial charge in [-0.15, -0.1) is 0 Å². The van der Waals surface area contributed by atoms with Gasteiger partial charge in [-0.25, -0.2) is 4.79 Å². The first-order chi connectivity index (χ1) is 9.61. The number of hydrogen-bond acceptors (Lipinski definition) is 8. The summed E-state index contributed by atoms with van der Waals surface area (Å²) in [5, 5.41) is 57.4. The summed E-state index contributed by atoms with van der Waals surface area (Å²) in [4.78, 5) is 32.4. The molecule has 0 unspecified atom stereocenters. The van der Waals surface area contributed by atoms with Gasteiger partial charge >= 0.3 is 57.4 Å². The second-order valence-electron chi connectivity index (χ2n) is 4.46. The molecule has 0 radical (unpaired) electrons. The fourth-order valence-electron chi connectivity index (χ4n) is 1.60. The first-order valence-corrected chi connectivity index (χ1v) is 5.98. The van der Waals surface area contributed by atoms with E-state index < -0.39 is 61.1 Å². The molecule has 0 aliphatic carbocycles. The molecule has 5 atom stereocenters. The summed E-state index contributed by atoms with van der Waals surface area (Å²) in [5.74, 6) is -3.89. The summed E-state index contributed by atoms with van der Waals surface area (Å²) in [7, 11) is 0. The van der Waals surface area contributed by atoms with Crippen LogP contribution in [0.4, 0.5) is 0 Å². The predicted octanol–water partition coefficient (Wildman–Crippen LogP) is -4.68. The molecule has 22 heavy (non-hydrogen) atoms. The van der Waals surface area contributed by atoms with Crippen LogP contribution in [-0.2, 0) is 14.4 Å². The Balaban J connectivity index is 0. The van der Waals surface area contributed by atoms with E-state index in [1.165, 1.54) is 0 Å². The summed E-state index contributed by atoms with van der Waals surface area (Å²) >= 11 is 0. The van der Waals surface area contributed by atoms with Crippen molar-refractivity contribution in [3.8, 4) is 0 Å². The molecule has 0 saturated heterocycles. The van der Waals surface area contributed by atoms with E-state index in [4.69, 9.17) is 10.2 Å². The van der Waals surface area contributed by atoms with Crippen LogP contribution in [-0.4, -0.2) is 137 Å². The number of carboxylic acids is 1. The van der Waals surface area contributed by atoms with Crippen LogP contribution in [0.15, 0.2) is 0 Å². The minimum atomic E-state index is -1.94. The molecule has 0 fully saturated rings. The van der Waals surface area contributed by atoms with Crippen LogP contribution in [0.2, 0.25) is 0 Å². The Hall–Kier alpha value is 0.0464. The molecule has 10 nitrogen and oxygen atoms in total. The molecule has 11 heteroatoms. The second-order valence-corrected chi connectivity index (χ2v) is 4.46. The molecule has 0 aromatic heterocycles. The third kappa shape index (κ3) is 8.06. The van der Waals surface area contributed by atoms with Crippen LogP contribution < -0.4 is 5.32 Å². The van der Waals surface area contributed by atoms with Gasteiger partial charge in [-0.2, -0.15) is 0 Å². The molecule has 0 aliphatic heterocycles. The van der Waals surface area contributed by atoms with Gasteiger partial charge in [-0.1, -0.05) is 0 Å². The third-order valence-electron chi connectivity index (χ3n) is 2.72. The Morgan fingerprint density at radius 2 is 1.50 bits per heavy atom. The SMILES string of the molecule is CC(=O)N[C@@H]([C@@H](O)[C@H](O)[C@H](O)CO)[C@@H](O)CC(=O)C(=O)O.[KH]. The van der Waals surface area contributed by atoms with Crippen molar-refractivity contribution in [3.63, 3.8) is 0 Å². The average molecular weight is 349 g/mol. The van der Waals surface area contributed by atoms with Gasteiger partial charge in [0.05, 0.1) is 18.8 Å². The fraction of sp³-hybridized carbons (Fsp3) is 0.727. The predicted molar refractivity (Wildman–Crippen MR) is 73.1 cm³/mol. The first-order valence-electron chi connectivity index (χ1n) is 5.98. The third-order valence-corrected chi connectivity index (χ3v) is 2.72. The molecular formula is C11H20KNO9. The number of aliphatic carboxylic acids is 1. The van der Waals surface area contributed by atoms with Crippen molar-refractivity contribution < 1.29 is 45.0 Å². The van der Waals surface area contributed by atoms with Crippen molar-refractivity contribution in [1.29, 1.82) is 0 Å². The molecule has 0 saturated carbocycles. The molecule has 124 valence electrons. The van der Waals surface area contributed by atoms with Crippen molar-refractivity contribution in [1.82, 2.24) is 5.32 Å². The maximum absolute atomic E-state index is 11.0. The van der Waals surface area contributed by atoms with Crippen molar-refractivity contribution >= 4 is 69.0 Å². The van der Waals surface area contributed by atoms with Crippen LogP contribution in [0, 0.1) is 0 Å². The zero-order chi connectivity index (χ0) is 16.7. The Morgan fingerprint density at radius 3 is 1.86 bits per heavy atom. The summed E-state index contributed by atoms with van der Waals surface area (Å²) in [5.41, 5.74) is 0. The van der Waals surface area contributed by atoms with Crippen molar-refractivity contribution in [2.75, 3.05) is 6.61 Å². The summed E-state index contributed by atoms with van der Waals surface area (Å²) in [6.07, 6.45) is -8.35. The number of rotatable bonds is 9. The van der Waals surface area contributed by atoms with Gasteiger partial charge in [0.25, 0.3) is 0 Å². The van der Waals surface area contributed by atoms with Gasteiger partial charge in [-0.3, -0.25) is 9.59 Å². The normalized spacial score (nSPS) is 17.4. The molecule has 0 rings (SSSR count). The number of carbonyl (C=O) groups excluding carboxylic acids is 2. The number of carboxylic acid groups (broad SMARTS) is 1. The zero-order valence-corrected chi connectivity index (χ0v) is 11.2. The Labute approximate surface area is 168 Å². The maximum atomic E-state index is 11.0. The number of aliphatic hydroxyl groups is 5. The quantitative estimate of drug-likeness (QED) is 0.159. The fourth-order valence-corrected chi connectivity index (χ4v) is 1.60. The number of hydrogen-bond donors (Lipinski definition) is 7. The van der Waals surface area contributed by atoms with Crippen molar-refractivity contribution in [3.05, 3.63) is 0 Å². The zero-order valence-electron chi connectivity index (χ0n) is 11.2. The van der Waals surface area contributed by atoms with Gasteiger partial charge in [0.2, 0.25) is 11.7 Å². The first kappa shape index (κ1) is 24.3. The molecular weight excluding hydrogens is 329 g/mol. The Morgan fingerprint density at radius 1 is 1.00 bits per heavy atom. The van der Waals surface area contributed by atoms with Crippen LogP contribution in [0.25, 0.3) is 0 Å². The van der Waals surface area contributed by atoms with Crippen molar-refractivity contribution in [2.45, 2.75) is 43.8 Å². The minimum absolute atomic E-state index is 0. The number of amides is 1. The van der Waals surface area contributed by atoms with Crippen LogP contribution in [0.5, 0.6) is 0 Å². The van der Waals surface area contributed by atoms with Gasteiger partial charge in [0.1, 0.15) is 18.3 Å². The van der Waals surface area contributed by atoms with E-state index in [0.29, 0.717) is 0 Å². The van der Waals surface area contributed by atoms with E-state index >= 15 is 0 Å². The topological polar surface area (TPSA) is 185 Å². The number of carbonyl (C=O) groups is 3. The van der Waals surface area contributed by atoms with Crippen LogP contribution in [0.3, 0.4) is 0 Å². The van der Waals surface area contributed by atoms with E-state index in [0.717, 1.165) is 6.92 Å². The molecule has 0 aliphatic rings. The number of nitrogens with one attached hydrogen (secondary N) is 1. The van der Waals surface area contributed by atoms with Gasteiger partial charge in [-0.05, 0) is 0 Å². The number of aliphatic hydroxyl groups excluding tert-OH is 5. The summed E-state index contributed by atoms with van der Waals surface area (Å²) < 4.78 is 0.